The Morgan fingerprint density at radius 2 is 1.93 bits per heavy atom. The molecule has 0 saturated carbocycles. The van der Waals surface area contributed by atoms with Gasteiger partial charge in [-0.05, 0) is 42.7 Å². The Hall–Kier alpha value is -2.51. The van der Waals surface area contributed by atoms with Crippen LogP contribution >= 0.6 is 0 Å². The van der Waals surface area contributed by atoms with Crippen molar-refractivity contribution in [2.24, 2.45) is 5.92 Å². The second-order valence-corrected chi connectivity index (χ2v) is 8.75. The van der Waals surface area contributed by atoms with Crippen LogP contribution in [0.15, 0.2) is 53.7 Å². The van der Waals surface area contributed by atoms with E-state index in [2.05, 4.69) is 34.3 Å². The Morgan fingerprint density at radius 3 is 2.63 bits per heavy atom. The zero-order valence-corrected chi connectivity index (χ0v) is 16.2. The number of benzene rings is 2. The molecule has 3 aromatic rings. The lowest BCUT2D eigenvalue weighted by molar-refractivity contribution is 0.232. The molecule has 0 fully saturated rings. The summed E-state index contributed by atoms with van der Waals surface area (Å²) in [5.41, 5.74) is 3.06. The van der Waals surface area contributed by atoms with Gasteiger partial charge < -0.3 is 10.4 Å². The van der Waals surface area contributed by atoms with Gasteiger partial charge >= 0.3 is 0 Å². The van der Waals surface area contributed by atoms with Gasteiger partial charge in [0.05, 0.1) is 10.4 Å². The Morgan fingerprint density at radius 1 is 1.15 bits per heavy atom. The van der Waals surface area contributed by atoms with E-state index in [0.717, 1.165) is 6.42 Å². The molecule has 0 unspecified atom stereocenters. The van der Waals surface area contributed by atoms with Gasteiger partial charge in [-0.2, -0.15) is 0 Å². The van der Waals surface area contributed by atoms with Crippen molar-refractivity contribution in [1.82, 2.24) is 9.97 Å². The third-order valence-corrected chi connectivity index (χ3v) is 5.73. The molecule has 0 radical (unpaired) electrons. The lowest BCUT2D eigenvalue weighted by Crippen LogP contribution is -2.21. The number of sulfone groups is 1. The van der Waals surface area contributed by atoms with Crippen molar-refractivity contribution >= 4 is 26.6 Å². The minimum Gasteiger partial charge on any atom is -0.396 e. The monoisotopic (exact) mass is 385 g/mol. The van der Waals surface area contributed by atoms with Crippen LogP contribution in [0.5, 0.6) is 0 Å². The number of nitrogens with zero attached hydrogens (tertiary/aromatic N) is 2. The average Bonchev–Trinajstić information content (AvgIpc) is 2.65. The van der Waals surface area contributed by atoms with Gasteiger partial charge in [-0.25, -0.2) is 18.4 Å². The van der Waals surface area contributed by atoms with Crippen LogP contribution in [0.4, 0.5) is 5.82 Å². The van der Waals surface area contributed by atoms with Crippen molar-refractivity contribution in [2.45, 2.75) is 18.2 Å². The Labute approximate surface area is 159 Å². The quantitative estimate of drug-likeness (QED) is 0.649. The van der Waals surface area contributed by atoms with Crippen molar-refractivity contribution in [2.75, 3.05) is 24.7 Å². The lowest BCUT2D eigenvalue weighted by atomic mass is 9.96. The Kier molecular flexibility index (Phi) is 5.72. The van der Waals surface area contributed by atoms with E-state index in [1.165, 1.54) is 23.7 Å². The van der Waals surface area contributed by atoms with Gasteiger partial charge in [-0.3, -0.25) is 0 Å². The van der Waals surface area contributed by atoms with Crippen molar-refractivity contribution < 1.29 is 13.5 Å². The summed E-state index contributed by atoms with van der Waals surface area (Å²) >= 11 is 0. The molecule has 1 atom stereocenters. The number of hydrogen-bond acceptors (Lipinski definition) is 6. The largest absolute Gasteiger partial charge is 0.396 e. The van der Waals surface area contributed by atoms with Crippen LogP contribution in [0.2, 0.25) is 0 Å². The number of hydrogen-bond donors (Lipinski definition) is 2. The maximum Gasteiger partial charge on any atom is 0.175 e. The fourth-order valence-electron chi connectivity index (χ4n) is 3.00. The molecule has 1 aromatic heterocycles. The molecule has 0 aliphatic carbocycles. The summed E-state index contributed by atoms with van der Waals surface area (Å²) < 4.78 is 23.7. The van der Waals surface area contributed by atoms with Crippen LogP contribution < -0.4 is 5.32 Å². The van der Waals surface area contributed by atoms with Gasteiger partial charge in [0.15, 0.2) is 9.84 Å². The third-order valence-electron chi connectivity index (χ3n) is 4.62. The molecule has 6 nitrogen and oxygen atoms in total. The first kappa shape index (κ1) is 19.3. The van der Waals surface area contributed by atoms with Crippen LogP contribution in [0.25, 0.3) is 10.9 Å². The van der Waals surface area contributed by atoms with E-state index in [0.29, 0.717) is 23.3 Å². The highest BCUT2D eigenvalue weighted by molar-refractivity contribution is 7.90. The highest BCUT2D eigenvalue weighted by Gasteiger charge is 2.14. The molecule has 142 valence electrons. The van der Waals surface area contributed by atoms with Crippen molar-refractivity contribution in [1.29, 1.82) is 0 Å². The standard InChI is InChI=1S/C20H23N3O3S/c1-14-5-3-4-6-16(14)9-15(12-24)11-21-20-18-10-17(27(2,25)26)7-8-19(18)22-13-23-20/h3-8,10,13,15,24H,9,11-12H2,1-2H3,(H,21,22,23)/t15-/m1/s1. The number of nitrogens with one attached hydrogen (secondary N) is 1. The molecule has 27 heavy (non-hydrogen) atoms. The van der Waals surface area contributed by atoms with Crippen molar-refractivity contribution in [3.8, 4) is 0 Å². The van der Waals surface area contributed by atoms with Crippen LogP contribution in [0, 0.1) is 12.8 Å². The number of aliphatic hydroxyl groups excluding tert-OH is 1. The fourth-order valence-corrected chi connectivity index (χ4v) is 3.65. The lowest BCUT2D eigenvalue weighted by Gasteiger charge is -2.17. The molecule has 0 aliphatic heterocycles. The van der Waals surface area contributed by atoms with E-state index in [-0.39, 0.29) is 17.4 Å². The highest BCUT2D eigenvalue weighted by atomic mass is 32.2. The summed E-state index contributed by atoms with van der Waals surface area (Å²) in [6.45, 7) is 2.61. The number of anilines is 1. The first-order chi connectivity index (χ1) is 12.9. The van der Waals surface area contributed by atoms with Gasteiger partial charge in [-0.15, -0.1) is 0 Å². The molecule has 0 bridgehead atoms. The first-order valence-corrected chi connectivity index (χ1v) is 10.6. The van der Waals surface area contributed by atoms with Gasteiger partial charge in [0.25, 0.3) is 0 Å². The van der Waals surface area contributed by atoms with E-state index in [4.69, 9.17) is 0 Å². The number of fused-ring (bicyclic) bond motifs is 1. The molecule has 0 spiro atoms. The molecule has 3 rings (SSSR count). The summed E-state index contributed by atoms with van der Waals surface area (Å²) in [5.74, 6) is 0.572. The SMILES string of the molecule is Cc1ccccc1C[C@@H](CO)CNc1ncnc2ccc(S(C)(=O)=O)cc12. The van der Waals surface area contributed by atoms with Crippen LogP contribution in [-0.4, -0.2) is 42.9 Å². The van der Waals surface area contributed by atoms with E-state index >= 15 is 0 Å². The third kappa shape index (κ3) is 4.61. The topological polar surface area (TPSA) is 92.2 Å². The zero-order valence-electron chi connectivity index (χ0n) is 15.4. The number of aryl methyl sites for hydroxylation is 1. The predicted octanol–water partition coefficient (Wildman–Crippen LogP) is 2.60. The van der Waals surface area contributed by atoms with E-state index in [9.17, 15) is 13.5 Å². The van der Waals surface area contributed by atoms with Crippen LogP contribution in [-0.2, 0) is 16.3 Å². The second kappa shape index (κ2) is 8.02. The van der Waals surface area contributed by atoms with E-state index < -0.39 is 9.84 Å². The van der Waals surface area contributed by atoms with Crippen molar-refractivity contribution in [3.63, 3.8) is 0 Å². The van der Waals surface area contributed by atoms with Gasteiger partial charge in [0, 0.05) is 30.7 Å². The van der Waals surface area contributed by atoms with E-state index in [1.807, 2.05) is 12.1 Å². The first-order valence-electron chi connectivity index (χ1n) is 8.72. The van der Waals surface area contributed by atoms with Gasteiger partial charge in [-0.1, -0.05) is 24.3 Å². The van der Waals surface area contributed by atoms with Crippen molar-refractivity contribution in [3.05, 3.63) is 59.9 Å². The van der Waals surface area contributed by atoms with E-state index in [1.54, 1.807) is 18.2 Å². The maximum absolute atomic E-state index is 11.8. The fraction of sp³-hybridized carbons (Fsp3) is 0.300. The predicted molar refractivity (Wildman–Crippen MR) is 107 cm³/mol. The molecule has 0 aliphatic rings. The number of aliphatic hydroxyl groups is 1. The average molecular weight is 385 g/mol. The Bertz CT molecular complexity index is 1050. The maximum atomic E-state index is 11.8. The molecule has 7 heteroatoms. The second-order valence-electron chi connectivity index (χ2n) is 6.73. The normalized spacial score (nSPS) is 12.9. The molecule has 2 aromatic carbocycles. The van der Waals surface area contributed by atoms with Crippen LogP contribution in [0.3, 0.4) is 0 Å². The minimum absolute atomic E-state index is 0.00852. The van der Waals surface area contributed by atoms with Crippen LogP contribution in [0.1, 0.15) is 11.1 Å². The summed E-state index contributed by atoms with van der Waals surface area (Å²) in [5, 5.41) is 13.7. The zero-order chi connectivity index (χ0) is 19.4. The highest BCUT2D eigenvalue weighted by Crippen LogP contribution is 2.23. The molecule has 1 heterocycles. The summed E-state index contributed by atoms with van der Waals surface area (Å²) in [6.07, 6.45) is 3.36. The number of aromatic nitrogens is 2. The molecule has 0 amide bonds. The molecular formula is C20H23N3O3S. The van der Waals surface area contributed by atoms with Gasteiger partial charge in [0.1, 0.15) is 12.1 Å². The number of rotatable bonds is 7. The summed E-state index contributed by atoms with van der Waals surface area (Å²) in [4.78, 5) is 8.69. The smallest absolute Gasteiger partial charge is 0.175 e. The molecule has 0 saturated heterocycles. The molecular weight excluding hydrogens is 362 g/mol. The minimum atomic E-state index is -3.32. The molecule has 2 N–H and O–H groups in total. The Balaban J connectivity index is 1.82. The van der Waals surface area contributed by atoms with Gasteiger partial charge in [0.2, 0.25) is 0 Å². The summed E-state index contributed by atoms with van der Waals surface area (Å²) in [6, 6.07) is 12.9. The summed E-state index contributed by atoms with van der Waals surface area (Å²) in [7, 11) is -3.32.